The first kappa shape index (κ1) is 18.8. The maximum absolute atomic E-state index is 13.3. The third kappa shape index (κ3) is 5.78. The molecule has 128 valence electrons. The highest BCUT2D eigenvalue weighted by molar-refractivity contribution is 5.99. The molecule has 9 heteroatoms. The molecule has 0 aliphatic heterocycles. The van der Waals surface area contributed by atoms with Gasteiger partial charge in [0.05, 0.1) is 5.69 Å². The van der Waals surface area contributed by atoms with Gasteiger partial charge in [-0.05, 0) is 37.9 Å². The highest BCUT2D eigenvalue weighted by Gasteiger charge is 2.44. The summed E-state index contributed by atoms with van der Waals surface area (Å²) in [5, 5.41) is 10.6. The summed E-state index contributed by atoms with van der Waals surface area (Å²) >= 11 is 0. The SMILES string of the molecule is NCCCCC(NC(=O)O)C(=O)N(c1ccccc1)C(F)(F)F. The average molecular weight is 333 g/mol. The number of carboxylic acid groups (broad SMARTS) is 1. The zero-order chi connectivity index (χ0) is 17.5. The van der Waals surface area contributed by atoms with Crippen LogP contribution < -0.4 is 16.0 Å². The number of amides is 2. The molecule has 0 radical (unpaired) electrons. The van der Waals surface area contributed by atoms with E-state index in [1.54, 1.807) is 0 Å². The Morgan fingerprint density at radius 2 is 1.83 bits per heavy atom. The van der Waals surface area contributed by atoms with Gasteiger partial charge >= 0.3 is 12.4 Å². The molecular weight excluding hydrogens is 315 g/mol. The molecule has 0 aliphatic carbocycles. The summed E-state index contributed by atoms with van der Waals surface area (Å²) in [6.07, 6.45) is -5.80. The predicted molar refractivity (Wildman–Crippen MR) is 77.8 cm³/mol. The van der Waals surface area contributed by atoms with Crippen LogP contribution in [-0.4, -0.2) is 36.0 Å². The van der Waals surface area contributed by atoms with Gasteiger partial charge in [-0.2, -0.15) is 0 Å². The van der Waals surface area contributed by atoms with Gasteiger partial charge in [-0.3, -0.25) is 4.79 Å². The lowest BCUT2D eigenvalue weighted by Gasteiger charge is -2.29. The van der Waals surface area contributed by atoms with E-state index in [1.165, 1.54) is 18.2 Å². The van der Waals surface area contributed by atoms with Crippen molar-refractivity contribution in [3.05, 3.63) is 30.3 Å². The van der Waals surface area contributed by atoms with Crippen LogP contribution >= 0.6 is 0 Å². The molecule has 0 spiro atoms. The number of rotatable bonds is 7. The first-order valence-electron chi connectivity index (χ1n) is 6.92. The molecule has 4 N–H and O–H groups in total. The van der Waals surface area contributed by atoms with Crippen LogP contribution in [0.15, 0.2) is 30.3 Å². The highest BCUT2D eigenvalue weighted by Crippen LogP contribution is 2.29. The minimum absolute atomic E-state index is 0.0677. The van der Waals surface area contributed by atoms with Crippen LogP contribution in [0.3, 0.4) is 0 Å². The number of anilines is 1. The van der Waals surface area contributed by atoms with Crippen LogP contribution in [0.4, 0.5) is 23.7 Å². The molecule has 1 unspecified atom stereocenters. The van der Waals surface area contributed by atoms with Gasteiger partial charge in [0.15, 0.2) is 0 Å². The lowest BCUT2D eigenvalue weighted by atomic mass is 10.1. The summed E-state index contributed by atoms with van der Waals surface area (Å²) in [6, 6.07) is 4.98. The highest BCUT2D eigenvalue weighted by atomic mass is 19.4. The number of nitrogens with one attached hydrogen (secondary N) is 1. The van der Waals surface area contributed by atoms with Gasteiger partial charge in [0, 0.05) is 0 Å². The minimum Gasteiger partial charge on any atom is -0.465 e. The minimum atomic E-state index is -4.97. The maximum Gasteiger partial charge on any atom is 0.491 e. The van der Waals surface area contributed by atoms with Gasteiger partial charge in [-0.15, -0.1) is 13.2 Å². The quantitative estimate of drug-likeness (QED) is 0.527. The molecule has 6 nitrogen and oxygen atoms in total. The number of alkyl halides is 3. The number of nitrogens with two attached hydrogens (primary N) is 1. The first-order valence-corrected chi connectivity index (χ1v) is 6.92. The molecule has 0 bridgehead atoms. The normalized spacial score (nSPS) is 12.5. The maximum atomic E-state index is 13.3. The fourth-order valence-corrected chi connectivity index (χ4v) is 2.03. The number of hydrogen-bond acceptors (Lipinski definition) is 3. The van der Waals surface area contributed by atoms with Crippen LogP contribution in [0.5, 0.6) is 0 Å². The Bertz CT molecular complexity index is 523. The summed E-state index contributed by atoms with van der Waals surface area (Å²) in [7, 11) is 0. The molecule has 0 aromatic heterocycles. The monoisotopic (exact) mass is 333 g/mol. The zero-order valence-corrected chi connectivity index (χ0v) is 12.2. The van der Waals surface area contributed by atoms with Gasteiger partial charge in [0.1, 0.15) is 6.04 Å². The second kappa shape index (κ2) is 8.37. The summed E-state index contributed by atoms with van der Waals surface area (Å²) in [5.74, 6) is -1.37. The van der Waals surface area contributed by atoms with Crippen molar-refractivity contribution in [2.75, 3.05) is 11.4 Å². The number of unbranched alkanes of at least 4 members (excludes halogenated alkanes) is 1. The lowest BCUT2D eigenvalue weighted by Crippen LogP contribution is -2.53. The van der Waals surface area contributed by atoms with Crippen molar-refractivity contribution < 1.29 is 27.9 Å². The molecule has 1 atom stereocenters. The molecule has 0 fully saturated rings. The standard InChI is InChI=1S/C14H18F3N3O3/c15-14(16,17)20(10-6-2-1-3-7-10)12(21)11(19-13(22)23)8-4-5-9-18/h1-3,6-7,11,19H,4-5,8-9,18H2,(H,22,23). The number of nitrogens with zero attached hydrogens (tertiary/aromatic N) is 1. The van der Waals surface area contributed by atoms with Gasteiger partial charge in [0.25, 0.3) is 5.91 Å². The van der Waals surface area contributed by atoms with Crippen molar-refractivity contribution in [2.24, 2.45) is 5.73 Å². The van der Waals surface area contributed by atoms with Crippen LogP contribution in [0.25, 0.3) is 0 Å². The van der Waals surface area contributed by atoms with E-state index in [0.29, 0.717) is 19.4 Å². The van der Waals surface area contributed by atoms with E-state index < -0.39 is 24.3 Å². The number of benzene rings is 1. The Hall–Kier alpha value is -2.29. The Kier molecular flexibility index (Phi) is 6.83. The number of halogens is 3. The van der Waals surface area contributed by atoms with Crippen molar-refractivity contribution >= 4 is 17.7 Å². The van der Waals surface area contributed by atoms with E-state index in [4.69, 9.17) is 10.8 Å². The van der Waals surface area contributed by atoms with Crippen LogP contribution in [0.1, 0.15) is 19.3 Å². The number of hydrogen-bond donors (Lipinski definition) is 3. The summed E-state index contributed by atoms with van der Waals surface area (Å²) in [4.78, 5) is 22.7. The number of carbonyl (C=O) groups is 2. The van der Waals surface area contributed by atoms with E-state index in [1.807, 2.05) is 5.32 Å². The van der Waals surface area contributed by atoms with E-state index in [-0.39, 0.29) is 17.0 Å². The topological polar surface area (TPSA) is 95.7 Å². The third-order valence-electron chi connectivity index (χ3n) is 3.03. The fraction of sp³-hybridized carbons (Fsp3) is 0.429. The molecule has 0 aliphatic rings. The largest absolute Gasteiger partial charge is 0.491 e. The van der Waals surface area contributed by atoms with E-state index >= 15 is 0 Å². The molecule has 1 aromatic rings. The molecular formula is C14H18F3N3O3. The molecule has 1 aromatic carbocycles. The molecule has 0 heterocycles. The van der Waals surface area contributed by atoms with Crippen LogP contribution in [0.2, 0.25) is 0 Å². The van der Waals surface area contributed by atoms with Crippen molar-refractivity contribution in [2.45, 2.75) is 31.6 Å². The second-order valence-corrected chi connectivity index (χ2v) is 4.76. The van der Waals surface area contributed by atoms with Gasteiger partial charge < -0.3 is 16.2 Å². The molecule has 0 saturated heterocycles. The van der Waals surface area contributed by atoms with Gasteiger partial charge in [-0.1, -0.05) is 18.2 Å². The van der Waals surface area contributed by atoms with E-state index in [9.17, 15) is 22.8 Å². The first-order chi connectivity index (χ1) is 10.8. The Labute approximate surface area is 131 Å². The second-order valence-electron chi connectivity index (χ2n) is 4.76. The Balaban J connectivity index is 3.05. The Morgan fingerprint density at radius 1 is 1.22 bits per heavy atom. The average Bonchev–Trinajstić information content (AvgIpc) is 2.45. The Morgan fingerprint density at radius 3 is 2.30 bits per heavy atom. The van der Waals surface area contributed by atoms with E-state index in [2.05, 4.69) is 0 Å². The van der Waals surface area contributed by atoms with Crippen molar-refractivity contribution in [3.8, 4) is 0 Å². The number of carbonyl (C=O) groups excluding carboxylic acids is 1. The predicted octanol–water partition coefficient (Wildman–Crippen LogP) is 2.30. The smallest absolute Gasteiger partial charge is 0.465 e. The van der Waals surface area contributed by atoms with Crippen LogP contribution in [0, 0.1) is 0 Å². The van der Waals surface area contributed by atoms with Gasteiger partial charge in [0.2, 0.25) is 0 Å². The van der Waals surface area contributed by atoms with Crippen molar-refractivity contribution in [3.63, 3.8) is 0 Å². The number of para-hydroxylation sites is 1. The van der Waals surface area contributed by atoms with Crippen LogP contribution in [-0.2, 0) is 4.79 Å². The van der Waals surface area contributed by atoms with Gasteiger partial charge in [-0.25, -0.2) is 9.69 Å². The fourth-order valence-electron chi connectivity index (χ4n) is 2.03. The summed E-state index contributed by atoms with van der Waals surface area (Å²) in [6.45, 7) is 0.301. The van der Waals surface area contributed by atoms with E-state index in [0.717, 1.165) is 12.1 Å². The molecule has 2 amide bonds. The van der Waals surface area contributed by atoms with Crippen molar-refractivity contribution in [1.29, 1.82) is 0 Å². The molecule has 0 saturated carbocycles. The zero-order valence-electron chi connectivity index (χ0n) is 12.2. The molecule has 1 rings (SSSR count). The third-order valence-corrected chi connectivity index (χ3v) is 3.03. The van der Waals surface area contributed by atoms with Crippen molar-refractivity contribution in [1.82, 2.24) is 5.32 Å². The molecule has 23 heavy (non-hydrogen) atoms. The lowest BCUT2D eigenvalue weighted by molar-refractivity contribution is -0.151. The summed E-state index contributed by atoms with van der Waals surface area (Å²) in [5.41, 5.74) is 4.93. The summed E-state index contributed by atoms with van der Waals surface area (Å²) < 4.78 is 39.8.